The van der Waals surface area contributed by atoms with E-state index in [4.69, 9.17) is 0 Å². The van der Waals surface area contributed by atoms with E-state index < -0.39 is 10.1 Å². The number of carbonyl (C=O) groups excluding carboxylic acids is 1. The highest BCUT2D eigenvalue weighted by atomic mass is 32.2. The van der Waals surface area contributed by atoms with Gasteiger partial charge in [0.15, 0.2) is 11.5 Å². The second-order valence-electron chi connectivity index (χ2n) is 7.51. The summed E-state index contributed by atoms with van der Waals surface area (Å²) in [5, 5.41) is 0. The summed E-state index contributed by atoms with van der Waals surface area (Å²) in [6.45, 7) is 10.7. The molecule has 0 heterocycles. The van der Waals surface area contributed by atoms with Crippen molar-refractivity contribution >= 4 is 26.8 Å². The van der Waals surface area contributed by atoms with Crippen LogP contribution in [0.15, 0.2) is 29.2 Å². The molecule has 4 nitrogen and oxygen atoms in total. The van der Waals surface area contributed by atoms with E-state index in [9.17, 15) is 17.8 Å². The van der Waals surface area contributed by atoms with Crippen LogP contribution in [0.5, 0.6) is 0 Å². The Hall–Kier alpha value is -0.850. The molecule has 0 N–H and O–H groups in total. The van der Waals surface area contributed by atoms with Crippen molar-refractivity contribution in [1.82, 2.24) is 0 Å². The van der Waals surface area contributed by atoms with Gasteiger partial charge in [-0.1, -0.05) is 43.9 Å². The number of hydrogen-bond donors (Lipinski definition) is 0. The fourth-order valence-electron chi connectivity index (χ4n) is 1.98. The van der Waals surface area contributed by atoms with Crippen LogP contribution >= 0.6 is 0 Å². The van der Waals surface area contributed by atoms with E-state index in [-0.39, 0.29) is 15.8 Å². The van der Waals surface area contributed by atoms with Gasteiger partial charge in [-0.25, -0.2) is 8.42 Å². The van der Waals surface area contributed by atoms with Gasteiger partial charge in [0.1, 0.15) is 14.9 Å². The molecule has 1 atom stereocenters. The maximum atomic E-state index is 11.7. The van der Waals surface area contributed by atoms with Gasteiger partial charge in [-0.05, 0) is 57.1 Å². The minimum absolute atomic E-state index is 0.178. The lowest BCUT2D eigenvalue weighted by atomic mass is 10.1. The molecule has 0 spiro atoms. The van der Waals surface area contributed by atoms with Crippen LogP contribution < -0.4 is 0 Å². The fraction of sp³-hybridized carbons (Fsp3) is 0.650. The summed E-state index contributed by atoms with van der Waals surface area (Å²) < 4.78 is 31.5. The zero-order valence-corrected chi connectivity index (χ0v) is 18.6. The molecule has 0 amide bonds. The number of Topliss-reactive ketones (excluding diaryl/α,β-unsaturated/α-hetero) is 1. The summed E-state index contributed by atoms with van der Waals surface area (Å²) in [7, 11) is -4.04. The molecule has 0 aromatic heterocycles. The molecular formula is C20H34O4S2. The fourth-order valence-corrected chi connectivity index (χ4v) is 3.51. The molecule has 1 aromatic rings. The summed E-state index contributed by atoms with van der Waals surface area (Å²) in [4.78, 5) is 11.5. The molecule has 150 valence electrons. The molecule has 0 saturated carbocycles. The first-order valence-electron chi connectivity index (χ1n) is 9.04. The Balaban J connectivity index is 0.000000502. The Labute approximate surface area is 162 Å². The zero-order chi connectivity index (χ0) is 20.4. The smallest absolute Gasteiger partial charge is 0.181 e. The lowest BCUT2D eigenvalue weighted by molar-refractivity contribution is -0.116. The third-order valence-corrected chi connectivity index (χ3v) is 7.74. The number of ketones is 1. The highest BCUT2D eigenvalue weighted by Gasteiger charge is 2.31. The van der Waals surface area contributed by atoms with E-state index in [0.717, 1.165) is 24.2 Å². The van der Waals surface area contributed by atoms with Gasteiger partial charge >= 0.3 is 0 Å². The Morgan fingerprint density at radius 2 is 1.62 bits per heavy atom. The Morgan fingerprint density at radius 1 is 1.08 bits per heavy atom. The van der Waals surface area contributed by atoms with Crippen molar-refractivity contribution in [1.29, 1.82) is 0 Å². The van der Waals surface area contributed by atoms with E-state index >= 15 is 0 Å². The first-order chi connectivity index (χ1) is 11.9. The average Bonchev–Trinajstić information content (AvgIpc) is 2.51. The molecule has 0 aliphatic rings. The van der Waals surface area contributed by atoms with Gasteiger partial charge < -0.3 is 4.55 Å². The number of unbranched alkanes of at least 4 members (excludes halogenated alkanes) is 3. The Kier molecular flexibility index (Phi) is 11.4. The molecule has 1 aromatic carbocycles. The largest absolute Gasteiger partial charge is 0.744 e. The van der Waals surface area contributed by atoms with Gasteiger partial charge in [0.2, 0.25) is 0 Å². The molecule has 1 rings (SSSR count). The van der Waals surface area contributed by atoms with Gasteiger partial charge in [0.05, 0.1) is 11.2 Å². The van der Waals surface area contributed by atoms with E-state index in [0.29, 0.717) is 10.5 Å². The van der Waals surface area contributed by atoms with Crippen LogP contribution in [0.3, 0.4) is 0 Å². The standard InChI is InChI=1S/C13H27OS.C7H8O3S/c1-6-7-8-9-10-12(14)11-15(5)13(2,3)4;1-6-2-4-7(5-3-6)11(8,9)10/h6-11H2,1-5H3;2-5H,1H3,(H,8,9,10)/q+1;/p-1. The summed E-state index contributed by atoms with van der Waals surface area (Å²) in [6, 6.07) is 5.78. The average molecular weight is 403 g/mol. The molecule has 6 heteroatoms. The third-order valence-electron chi connectivity index (χ3n) is 4.04. The summed E-state index contributed by atoms with van der Waals surface area (Å²) in [5.74, 6) is 1.25. The van der Waals surface area contributed by atoms with Crippen molar-refractivity contribution < 1.29 is 17.8 Å². The van der Waals surface area contributed by atoms with Crippen LogP contribution in [0.4, 0.5) is 0 Å². The van der Waals surface area contributed by atoms with Gasteiger partial charge in [-0.2, -0.15) is 0 Å². The van der Waals surface area contributed by atoms with Crippen LogP contribution in [0.1, 0.15) is 65.4 Å². The maximum absolute atomic E-state index is 11.7. The predicted molar refractivity (Wildman–Crippen MR) is 111 cm³/mol. The number of benzene rings is 1. The molecule has 1 unspecified atom stereocenters. The summed E-state index contributed by atoms with van der Waals surface area (Å²) in [5.41, 5.74) is 0.928. The van der Waals surface area contributed by atoms with Crippen LogP contribution in [0.25, 0.3) is 0 Å². The Morgan fingerprint density at radius 3 is 2.04 bits per heavy atom. The number of carbonyl (C=O) groups is 1. The van der Waals surface area contributed by atoms with E-state index in [1.807, 2.05) is 6.92 Å². The predicted octanol–water partition coefficient (Wildman–Crippen LogP) is 4.47. The van der Waals surface area contributed by atoms with Crippen LogP contribution in [-0.2, 0) is 25.8 Å². The quantitative estimate of drug-likeness (QED) is 0.365. The van der Waals surface area contributed by atoms with Crippen molar-refractivity contribution in [3.8, 4) is 0 Å². The molecule has 0 radical (unpaired) electrons. The Bertz CT molecular complexity index is 629. The SMILES string of the molecule is CCCCCCC(=O)C[S+](C)C(C)(C)C.Cc1ccc(S(=O)(=O)[O-])cc1. The molecule has 0 saturated heterocycles. The first-order valence-corrected chi connectivity index (χ1v) is 12.3. The normalized spacial score (nSPS) is 12.9. The minimum atomic E-state index is -4.27. The van der Waals surface area contributed by atoms with E-state index in [1.54, 1.807) is 12.1 Å². The second-order valence-corrected chi connectivity index (χ2v) is 11.7. The van der Waals surface area contributed by atoms with Crippen molar-refractivity contribution in [2.75, 3.05) is 12.0 Å². The lowest BCUT2D eigenvalue weighted by Gasteiger charge is -2.17. The first kappa shape index (κ1) is 25.1. The molecule has 0 bridgehead atoms. The molecule has 26 heavy (non-hydrogen) atoms. The third kappa shape index (κ3) is 11.7. The summed E-state index contributed by atoms with van der Waals surface area (Å²) in [6.07, 6.45) is 7.83. The van der Waals surface area contributed by atoms with Crippen LogP contribution in [-0.4, -0.2) is 35.5 Å². The second kappa shape index (κ2) is 11.8. The minimum Gasteiger partial charge on any atom is -0.744 e. The number of hydrogen-bond acceptors (Lipinski definition) is 4. The van der Waals surface area contributed by atoms with Gasteiger partial charge in [0, 0.05) is 6.42 Å². The topological polar surface area (TPSA) is 74.3 Å². The van der Waals surface area contributed by atoms with Crippen molar-refractivity contribution in [2.24, 2.45) is 0 Å². The van der Waals surface area contributed by atoms with Gasteiger partial charge in [-0.15, -0.1) is 0 Å². The number of aryl methyl sites for hydroxylation is 1. The summed E-state index contributed by atoms with van der Waals surface area (Å²) >= 11 is 0. The molecule has 0 fully saturated rings. The lowest BCUT2D eigenvalue weighted by Crippen LogP contribution is -2.32. The maximum Gasteiger partial charge on any atom is 0.181 e. The monoisotopic (exact) mass is 402 g/mol. The highest BCUT2D eigenvalue weighted by molar-refractivity contribution is 7.98. The molecule has 0 aliphatic heterocycles. The van der Waals surface area contributed by atoms with E-state index in [1.165, 1.54) is 31.4 Å². The van der Waals surface area contributed by atoms with E-state index in [2.05, 4.69) is 34.0 Å². The molecule has 0 aliphatic carbocycles. The van der Waals surface area contributed by atoms with Crippen LogP contribution in [0, 0.1) is 6.92 Å². The van der Waals surface area contributed by atoms with Crippen molar-refractivity contribution in [3.63, 3.8) is 0 Å². The number of rotatable bonds is 8. The van der Waals surface area contributed by atoms with Gasteiger partial charge in [-0.3, -0.25) is 4.79 Å². The zero-order valence-electron chi connectivity index (χ0n) is 17.0. The van der Waals surface area contributed by atoms with Crippen LogP contribution in [0.2, 0.25) is 0 Å². The van der Waals surface area contributed by atoms with Crippen molar-refractivity contribution in [3.05, 3.63) is 29.8 Å². The van der Waals surface area contributed by atoms with Crippen molar-refractivity contribution in [2.45, 2.75) is 76.4 Å². The highest BCUT2D eigenvalue weighted by Crippen LogP contribution is 2.17. The van der Waals surface area contributed by atoms with Gasteiger partial charge in [0.25, 0.3) is 0 Å². The molecular weight excluding hydrogens is 368 g/mol.